The SMILES string of the molecule is O=[N+]([O-])c1ccc2c(Cc3ccc(O)c(-c4ccccc4)c3)c[nH]c2c1. The fourth-order valence-electron chi connectivity index (χ4n) is 3.20. The number of aromatic amines is 1. The summed E-state index contributed by atoms with van der Waals surface area (Å²) in [6, 6.07) is 20.2. The summed E-state index contributed by atoms with van der Waals surface area (Å²) in [5.41, 5.74) is 4.68. The Bertz CT molecular complexity index is 1100. The summed E-state index contributed by atoms with van der Waals surface area (Å²) in [6.45, 7) is 0. The molecule has 1 aromatic heterocycles. The fourth-order valence-corrected chi connectivity index (χ4v) is 3.20. The summed E-state index contributed by atoms with van der Waals surface area (Å²) in [4.78, 5) is 13.6. The standard InChI is InChI=1S/C21H16N2O3/c24-21-9-6-14(11-19(21)15-4-2-1-3-5-15)10-16-13-22-20-12-17(23(25)26)7-8-18(16)20/h1-9,11-13,22,24H,10H2. The summed E-state index contributed by atoms with van der Waals surface area (Å²) in [5, 5.41) is 22.1. The molecule has 4 aromatic rings. The predicted molar refractivity (Wildman–Crippen MR) is 101 cm³/mol. The molecule has 0 amide bonds. The van der Waals surface area contributed by atoms with Gasteiger partial charge in [0.15, 0.2) is 0 Å². The van der Waals surface area contributed by atoms with Crippen molar-refractivity contribution in [2.24, 2.45) is 0 Å². The van der Waals surface area contributed by atoms with E-state index in [2.05, 4.69) is 4.98 Å². The number of benzene rings is 3. The van der Waals surface area contributed by atoms with Gasteiger partial charge < -0.3 is 10.1 Å². The maximum absolute atomic E-state index is 10.9. The van der Waals surface area contributed by atoms with Crippen molar-refractivity contribution < 1.29 is 10.0 Å². The monoisotopic (exact) mass is 344 g/mol. The van der Waals surface area contributed by atoms with Gasteiger partial charge in [-0.05, 0) is 41.3 Å². The molecular formula is C21H16N2O3. The third-order valence-corrected chi connectivity index (χ3v) is 4.50. The van der Waals surface area contributed by atoms with Crippen LogP contribution in [0.3, 0.4) is 0 Å². The zero-order valence-corrected chi connectivity index (χ0v) is 13.8. The lowest BCUT2D eigenvalue weighted by atomic mass is 9.98. The fraction of sp³-hybridized carbons (Fsp3) is 0.0476. The number of hydrogen-bond acceptors (Lipinski definition) is 3. The highest BCUT2D eigenvalue weighted by Gasteiger charge is 2.12. The quantitative estimate of drug-likeness (QED) is 0.402. The van der Waals surface area contributed by atoms with E-state index in [1.54, 1.807) is 18.2 Å². The number of hydrogen-bond donors (Lipinski definition) is 2. The molecule has 0 bridgehead atoms. The molecule has 0 saturated carbocycles. The molecule has 128 valence electrons. The minimum atomic E-state index is -0.397. The predicted octanol–water partition coefficient (Wildman–Crippen LogP) is 5.04. The molecular weight excluding hydrogens is 328 g/mol. The Morgan fingerprint density at radius 3 is 2.58 bits per heavy atom. The number of H-pyrrole nitrogens is 1. The van der Waals surface area contributed by atoms with Gasteiger partial charge in [0.2, 0.25) is 0 Å². The Morgan fingerprint density at radius 1 is 1.00 bits per heavy atom. The third-order valence-electron chi connectivity index (χ3n) is 4.50. The van der Waals surface area contributed by atoms with Crippen molar-refractivity contribution in [2.75, 3.05) is 0 Å². The van der Waals surface area contributed by atoms with Crippen molar-refractivity contribution >= 4 is 16.6 Å². The van der Waals surface area contributed by atoms with Crippen LogP contribution < -0.4 is 0 Å². The molecule has 0 aliphatic rings. The van der Waals surface area contributed by atoms with Crippen molar-refractivity contribution in [2.45, 2.75) is 6.42 Å². The van der Waals surface area contributed by atoms with Gasteiger partial charge in [0, 0.05) is 29.3 Å². The summed E-state index contributed by atoms with van der Waals surface area (Å²) in [7, 11) is 0. The molecule has 0 fully saturated rings. The molecule has 0 atom stereocenters. The van der Waals surface area contributed by atoms with E-state index in [4.69, 9.17) is 0 Å². The van der Waals surface area contributed by atoms with Crippen LogP contribution >= 0.6 is 0 Å². The molecule has 0 aliphatic carbocycles. The second-order valence-electron chi connectivity index (χ2n) is 6.20. The van der Waals surface area contributed by atoms with Gasteiger partial charge in [-0.25, -0.2) is 0 Å². The Kier molecular flexibility index (Phi) is 3.89. The molecule has 5 heteroatoms. The summed E-state index contributed by atoms with van der Waals surface area (Å²) in [6.07, 6.45) is 2.54. The van der Waals surface area contributed by atoms with E-state index in [1.165, 1.54) is 6.07 Å². The van der Waals surface area contributed by atoms with E-state index in [0.29, 0.717) is 6.42 Å². The van der Waals surface area contributed by atoms with Crippen LogP contribution in [-0.2, 0) is 6.42 Å². The van der Waals surface area contributed by atoms with Gasteiger partial charge in [-0.3, -0.25) is 10.1 Å². The second-order valence-corrected chi connectivity index (χ2v) is 6.20. The topological polar surface area (TPSA) is 79.2 Å². The van der Waals surface area contributed by atoms with E-state index in [0.717, 1.165) is 33.2 Å². The molecule has 0 spiro atoms. The zero-order valence-electron chi connectivity index (χ0n) is 13.8. The number of aromatic nitrogens is 1. The van der Waals surface area contributed by atoms with Crippen LogP contribution in [0.2, 0.25) is 0 Å². The molecule has 0 saturated heterocycles. The number of non-ortho nitro benzene ring substituents is 1. The minimum absolute atomic E-state index is 0.0712. The first-order valence-electron chi connectivity index (χ1n) is 8.23. The van der Waals surface area contributed by atoms with Gasteiger partial charge in [0.25, 0.3) is 5.69 Å². The highest BCUT2D eigenvalue weighted by Crippen LogP contribution is 2.31. The first-order valence-corrected chi connectivity index (χ1v) is 8.23. The number of aromatic hydroxyl groups is 1. The largest absolute Gasteiger partial charge is 0.507 e. The summed E-state index contributed by atoms with van der Waals surface area (Å²) < 4.78 is 0. The number of fused-ring (bicyclic) bond motifs is 1. The Morgan fingerprint density at radius 2 is 1.81 bits per heavy atom. The Labute approximate surface area is 149 Å². The average molecular weight is 344 g/mol. The van der Waals surface area contributed by atoms with Crippen LogP contribution in [0, 0.1) is 10.1 Å². The number of phenolic OH excluding ortho intramolecular Hbond substituents is 1. The van der Waals surface area contributed by atoms with Gasteiger partial charge in [0.05, 0.1) is 10.4 Å². The van der Waals surface area contributed by atoms with Crippen LogP contribution in [0.15, 0.2) is 72.9 Å². The van der Waals surface area contributed by atoms with Crippen molar-refractivity contribution in [3.63, 3.8) is 0 Å². The number of nitrogens with zero attached hydrogens (tertiary/aromatic N) is 1. The number of nitro benzene ring substituents is 1. The molecule has 0 aliphatic heterocycles. The summed E-state index contributed by atoms with van der Waals surface area (Å²) in [5.74, 6) is 0.245. The van der Waals surface area contributed by atoms with Crippen molar-refractivity contribution in [1.82, 2.24) is 4.98 Å². The first-order chi connectivity index (χ1) is 12.6. The Balaban J connectivity index is 1.70. The van der Waals surface area contributed by atoms with Gasteiger partial charge >= 0.3 is 0 Å². The number of nitro groups is 1. The van der Waals surface area contributed by atoms with E-state index >= 15 is 0 Å². The van der Waals surface area contributed by atoms with E-state index < -0.39 is 4.92 Å². The maximum Gasteiger partial charge on any atom is 0.271 e. The molecule has 0 unspecified atom stereocenters. The van der Waals surface area contributed by atoms with Crippen LogP contribution in [-0.4, -0.2) is 15.0 Å². The lowest BCUT2D eigenvalue weighted by Gasteiger charge is -2.08. The second kappa shape index (κ2) is 6.37. The highest BCUT2D eigenvalue weighted by molar-refractivity contribution is 5.85. The number of phenols is 1. The molecule has 0 radical (unpaired) electrons. The minimum Gasteiger partial charge on any atom is -0.507 e. The van der Waals surface area contributed by atoms with Crippen LogP contribution in [0.5, 0.6) is 5.75 Å². The van der Waals surface area contributed by atoms with Crippen LogP contribution in [0.4, 0.5) is 5.69 Å². The van der Waals surface area contributed by atoms with Gasteiger partial charge in [-0.1, -0.05) is 36.4 Å². The van der Waals surface area contributed by atoms with Crippen molar-refractivity contribution in [3.05, 3.63) is 94.2 Å². The smallest absolute Gasteiger partial charge is 0.271 e. The zero-order chi connectivity index (χ0) is 18.1. The van der Waals surface area contributed by atoms with E-state index in [1.807, 2.05) is 48.7 Å². The molecule has 1 heterocycles. The molecule has 26 heavy (non-hydrogen) atoms. The van der Waals surface area contributed by atoms with Gasteiger partial charge in [-0.2, -0.15) is 0 Å². The lowest BCUT2D eigenvalue weighted by molar-refractivity contribution is -0.384. The normalized spacial score (nSPS) is 10.9. The number of rotatable bonds is 4. The van der Waals surface area contributed by atoms with Crippen molar-refractivity contribution in [3.8, 4) is 16.9 Å². The van der Waals surface area contributed by atoms with Crippen molar-refractivity contribution in [1.29, 1.82) is 0 Å². The van der Waals surface area contributed by atoms with Gasteiger partial charge in [-0.15, -0.1) is 0 Å². The van der Waals surface area contributed by atoms with Gasteiger partial charge in [0.1, 0.15) is 5.75 Å². The first kappa shape index (κ1) is 15.9. The molecule has 5 nitrogen and oxygen atoms in total. The Hall–Kier alpha value is -3.60. The van der Waals surface area contributed by atoms with E-state index in [9.17, 15) is 15.2 Å². The van der Waals surface area contributed by atoms with Crippen LogP contribution in [0.25, 0.3) is 22.0 Å². The number of nitrogens with one attached hydrogen (secondary N) is 1. The third kappa shape index (κ3) is 2.91. The maximum atomic E-state index is 10.9. The van der Waals surface area contributed by atoms with Crippen LogP contribution in [0.1, 0.15) is 11.1 Å². The highest BCUT2D eigenvalue weighted by atomic mass is 16.6. The summed E-state index contributed by atoms with van der Waals surface area (Å²) >= 11 is 0. The molecule has 2 N–H and O–H groups in total. The lowest BCUT2D eigenvalue weighted by Crippen LogP contribution is -1.90. The average Bonchev–Trinajstić information content (AvgIpc) is 3.06. The van der Waals surface area contributed by atoms with E-state index in [-0.39, 0.29) is 11.4 Å². The molecule has 3 aromatic carbocycles. The molecule has 4 rings (SSSR count).